The van der Waals surface area contributed by atoms with Gasteiger partial charge in [0, 0.05) is 13.0 Å². The molecule has 100 valence electrons. The van der Waals surface area contributed by atoms with Crippen LogP contribution in [0.2, 0.25) is 0 Å². The van der Waals surface area contributed by atoms with Gasteiger partial charge in [-0.2, -0.15) is 0 Å². The third-order valence-corrected chi connectivity index (χ3v) is 3.47. The Hall–Kier alpha value is -0.420. The number of alkyl halides is 2. The molecule has 1 unspecified atom stereocenters. The molecule has 6 heteroatoms. The normalized spacial score (nSPS) is 27.8. The molecule has 1 saturated heterocycles. The van der Waals surface area contributed by atoms with Gasteiger partial charge in [0.25, 0.3) is 5.92 Å². The van der Waals surface area contributed by atoms with Crippen LogP contribution in [0.3, 0.4) is 0 Å². The molecule has 1 atom stereocenters. The summed E-state index contributed by atoms with van der Waals surface area (Å²) in [4.78, 5) is 11.6. The van der Waals surface area contributed by atoms with Gasteiger partial charge in [0.15, 0.2) is 0 Å². The lowest BCUT2D eigenvalue weighted by molar-refractivity contribution is -0.123. The first kappa shape index (κ1) is 14.6. The molecule has 0 radical (unpaired) electrons. The summed E-state index contributed by atoms with van der Waals surface area (Å²) < 4.78 is 25.7. The number of rotatable bonds is 3. The SMILES string of the molecule is Cl.O=C(NCC1CCCC1)C1CC(F)(F)CN1. The van der Waals surface area contributed by atoms with Crippen molar-refractivity contribution >= 4 is 18.3 Å². The van der Waals surface area contributed by atoms with Gasteiger partial charge in [-0.25, -0.2) is 8.78 Å². The van der Waals surface area contributed by atoms with E-state index in [0.717, 1.165) is 12.8 Å². The van der Waals surface area contributed by atoms with E-state index in [9.17, 15) is 13.6 Å². The Kier molecular flexibility index (Phi) is 5.13. The standard InChI is InChI=1S/C11H18F2N2O.ClH/c12-11(13)5-9(15-7-11)10(16)14-6-8-3-1-2-4-8;/h8-9,15H,1-7H2,(H,14,16);1H. The van der Waals surface area contributed by atoms with Gasteiger partial charge in [-0.15, -0.1) is 12.4 Å². The van der Waals surface area contributed by atoms with Crippen molar-refractivity contribution in [3.63, 3.8) is 0 Å². The van der Waals surface area contributed by atoms with Gasteiger partial charge in [-0.3, -0.25) is 10.1 Å². The molecule has 1 saturated carbocycles. The van der Waals surface area contributed by atoms with Gasteiger partial charge in [-0.05, 0) is 18.8 Å². The Morgan fingerprint density at radius 2 is 2.00 bits per heavy atom. The molecule has 2 aliphatic rings. The second-order valence-corrected chi connectivity index (χ2v) is 4.89. The van der Waals surface area contributed by atoms with Crippen LogP contribution in [0.1, 0.15) is 32.1 Å². The van der Waals surface area contributed by atoms with Gasteiger partial charge < -0.3 is 5.32 Å². The fourth-order valence-electron chi connectivity index (χ4n) is 2.48. The molecule has 2 N–H and O–H groups in total. The zero-order valence-electron chi connectivity index (χ0n) is 9.68. The number of nitrogens with one attached hydrogen (secondary N) is 2. The highest BCUT2D eigenvalue weighted by Gasteiger charge is 2.42. The lowest BCUT2D eigenvalue weighted by atomic mass is 10.1. The van der Waals surface area contributed by atoms with E-state index in [4.69, 9.17) is 0 Å². The average Bonchev–Trinajstić information content (AvgIpc) is 2.83. The molecule has 3 nitrogen and oxygen atoms in total. The van der Waals surface area contributed by atoms with E-state index in [0.29, 0.717) is 12.5 Å². The van der Waals surface area contributed by atoms with Gasteiger partial charge in [0.1, 0.15) is 0 Å². The van der Waals surface area contributed by atoms with Crippen molar-refractivity contribution in [2.75, 3.05) is 13.1 Å². The maximum absolute atomic E-state index is 12.9. The highest BCUT2D eigenvalue weighted by molar-refractivity contribution is 5.85. The van der Waals surface area contributed by atoms with Crippen LogP contribution in [0, 0.1) is 5.92 Å². The molecule has 1 amide bonds. The molecule has 0 aromatic heterocycles. The molecule has 0 aromatic rings. The Morgan fingerprint density at radius 3 is 2.53 bits per heavy atom. The topological polar surface area (TPSA) is 41.1 Å². The van der Waals surface area contributed by atoms with Crippen LogP contribution in [0.15, 0.2) is 0 Å². The van der Waals surface area contributed by atoms with Crippen LogP contribution in [0.25, 0.3) is 0 Å². The van der Waals surface area contributed by atoms with Crippen molar-refractivity contribution in [1.29, 1.82) is 0 Å². The number of halogens is 3. The number of hydrogen-bond acceptors (Lipinski definition) is 2. The highest BCUT2D eigenvalue weighted by atomic mass is 35.5. The van der Waals surface area contributed by atoms with Gasteiger partial charge >= 0.3 is 0 Å². The van der Waals surface area contributed by atoms with Crippen molar-refractivity contribution in [2.45, 2.75) is 44.1 Å². The van der Waals surface area contributed by atoms with Gasteiger partial charge in [0.2, 0.25) is 5.91 Å². The summed E-state index contributed by atoms with van der Waals surface area (Å²) in [5.41, 5.74) is 0. The van der Waals surface area contributed by atoms with E-state index in [2.05, 4.69) is 10.6 Å². The third kappa shape index (κ3) is 4.07. The Morgan fingerprint density at radius 1 is 1.35 bits per heavy atom. The predicted molar refractivity (Wildman–Crippen MR) is 63.6 cm³/mol. The number of amides is 1. The number of carbonyl (C=O) groups excluding carboxylic acids is 1. The van der Waals surface area contributed by atoms with E-state index < -0.39 is 12.0 Å². The summed E-state index contributed by atoms with van der Waals surface area (Å²) in [5, 5.41) is 5.33. The fourth-order valence-corrected chi connectivity index (χ4v) is 2.48. The molecule has 2 fully saturated rings. The van der Waals surface area contributed by atoms with Crippen molar-refractivity contribution in [1.82, 2.24) is 10.6 Å². The lowest BCUT2D eigenvalue weighted by Gasteiger charge is -2.14. The summed E-state index contributed by atoms with van der Waals surface area (Å²) in [6.45, 7) is 0.261. The smallest absolute Gasteiger partial charge is 0.262 e. The monoisotopic (exact) mass is 268 g/mol. The Labute approximate surface area is 106 Å². The zero-order valence-corrected chi connectivity index (χ0v) is 10.5. The van der Waals surface area contributed by atoms with Crippen LogP contribution in [0.4, 0.5) is 8.78 Å². The van der Waals surface area contributed by atoms with Crippen LogP contribution in [0.5, 0.6) is 0 Å². The van der Waals surface area contributed by atoms with Crippen molar-refractivity contribution in [3.05, 3.63) is 0 Å². The van der Waals surface area contributed by atoms with Crippen LogP contribution in [-0.4, -0.2) is 31.0 Å². The third-order valence-electron chi connectivity index (χ3n) is 3.47. The molecule has 0 spiro atoms. The van der Waals surface area contributed by atoms with Crippen LogP contribution >= 0.6 is 12.4 Å². The number of hydrogen-bond donors (Lipinski definition) is 2. The van der Waals surface area contributed by atoms with E-state index in [1.54, 1.807) is 0 Å². The maximum Gasteiger partial charge on any atom is 0.262 e. The van der Waals surface area contributed by atoms with E-state index in [1.807, 2.05) is 0 Å². The first-order valence-corrected chi connectivity index (χ1v) is 5.96. The maximum atomic E-state index is 12.9. The summed E-state index contributed by atoms with van der Waals surface area (Å²) in [7, 11) is 0. The van der Waals surface area contributed by atoms with Crippen molar-refractivity contribution in [3.8, 4) is 0 Å². The van der Waals surface area contributed by atoms with Crippen LogP contribution < -0.4 is 10.6 Å². The van der Waals surface area contributed by atoms with E-state index >= 15 is 0 Å². The van der Waals surface area contributed by atoms with Crippen molar-refractivity contribution in [2.24, 2.45) is 5.92 Å². The summed E-state index contributed by atoms with van der Waals surface area (Å²) in [5.74, 6) is -2.45. The largest absolute Gasteiger partial charge is 0.354 e. The van der Waals surface area contributed by atoms with Crippen LogP contribution in [-0.2, 0) is 4.79 Å². The minimum absolute atomic E-state index is 0. The van der Waals surface area contributed by atoms with Crippen molar-refractivity contribution < 1.29 is 13.6 Å². The molecule has 1 heterocycles. The first-order chi connectivity index (χ1) is 7.57. The summed E-state index contributed by atoms with van der Waals surface area (Å²) in [6, 6.07) is -0.712. The quantitative estimate of drug-likeness (QED) is 0.818. The molecule has 0 bridgehead atoms. The molecular weight excluding hydrogens is 250 g/mol. The second kappa shape index (κ2) is 5.96. The summed E-state index contributed by atoms with van der Waals surface area (Å²) >= 11 is 0. The Bertz CT molecular complexity index is 270. The molecule has 0 aromatic carbocycles. The molecule has 1 aliphatic carbocycles. The highest BCUT2D eigenvalue weighted by Crippen LogP contribution is 2.26. The molecule has 2 rings (SSSR count). The first-order valence-electron chi connectivity index (χ1n) is 5.96. The number of carbonyl (C=O) groups is 1. The predicted octanol–water partition coefficient (Wildman–Crippen LogP) is 1.71. The van der Waals surface area contributed by atoms with Gasteiger partial charge in [-0.1, -0.05) is 12.8 Å². The minimum atomic E-state index is -2.73. The van der Waals surface area contributed by atoms with E-state index in [-0.39, 0.29) is 31.3 Å². The fraction of sp³-hybridized carbons (Fsp3) is 0.909. The summed E-state index contributed by atoms with van der Waals surface area (Å²) in [6.07, 6.45) is 4.37. The zero-order chi connectivity index (χ0) is 11.6. The molecular formula is C11H19ClF2N2O. The second-order valence-electron chi connectivity index (χ2n) is 4.89. The molecule has 17 heavy (non-hydrogen) atoms. The lowest BCUT2D eigenvalue weighted by Crippen LogP contribution is -2.41. The molecule has 1 aliphatic heterocycles. The van der Waals surface area contributed by atoms with E-state index in [1.165, 1.54) is 12.8 Å². The minimum Gasteiger partial charge on any atom is -0.354 e. The average molecular weight is 269 g/mol. The Balaban J connectivity index is 0.00000144. The van der Waals surface area contributed by atoms with Gasteiger partial charge in [0.05, 0.1) is 12.6 Å².